The molecule has 0 fully saturated rings. The average molecular weight is 327 g/mol. The second-order valence-electron chi connectivity index (χ2n) is 7.01. The molecule has 0 aromatic heterocycles. The van der Waals surface area contributed by atoms with Crippen LogP contribution >= 0.6 is 11.8 Å². The van der Waals surface area contributed by atoms with Gasteiger partial charge < -0.3 is 0 Å². The van der Waals surface area contributed by atoms with Crippen molar-refractivity contribution in [1.29, 1.82) is 0 Å². The van der Waals surface area contributed by atoms with Gasteiger partial charge >= 0.3 is 0 Å². The first-order valence-electron chi connectivity index (χ1n) is 8.41. The van der Waals surface area contributed by atoms with Crippen LogP contribution < -0.4 is 0 Å². The lowest BCUT2D eigenvalue weighted by atomic mass is 9.95. The fourth-order valence-corrected chi connectivity index (χ4v) is 4.77. The molecule has 0 saturated heterocycles. The molecule has 23 heavy (non-hydrogen) atoms. The molecule has 0 aliphatic carbocycles. The molecule has 2 aromatic rings. The number of hydrogen-bond acceptors (Lipinski definition) is 1. The van der Waals surface area contributed by atoms with Crippen LogP contribution in [0.5, 0.6) is 0 Å². The van der Waals surface area contributed by atoms with Crippen LogP contribution in [-0.2, 0) is 0 Å². The van der Waals surface area contributed by atoms with E-state index in [2.05, 4.69) is 69.2 Å². The summed E-state index contributed by atoms with van der Waals surface area (Å²) in [7, 11) is 0. The Bertz CT molecular complexity index is 669. The summed E-state index contributed by atoms with van der Waals surface area (Å²) in [5.74, 6) is 0. The minimum Gasteiger partial charge on any atom is -0.0889 e. The monoisotopic (exact) mass is 326 g/mol. The first kappa shape index (κ1) is 18.1. The highest BCUT2D eigenvalue weighted by Gasteiger charge is 2.18. The van der Waals surface area contributed by atoms with Gasteiger partial charge in [-0.15, -0.1) is 0 Å². The molecule has 0 radical (unpaired) electrons. The van der Waals surface area contributed by atoms with E-state index in [1.54, 1.807) is 0 Å². The van der Waals surface area contributed by atoms with Crippen LogP contribution in [-0.4, -0.2) is 0 Å². The van der Waals surface area contributed by atoms with Crippen molar-refractivity contribution in [2.45, 2.75) is 79.0 Å². The molecule has 0 spiro atoms. The van der Waals surface area contributed by atoms with Crippen molar-refractivity contribution < 1.29 is 0 Å². The van der Waals surface area contributed by atoms with Crippen LogP contribution in [0.1, 0.15) is 55.6 Å². The van der Waals surface area contributed by atoms with Gasteiger partial charge in [0, 0.05) is 9.79 Å². The Kier molecular flexibility index (Phi) is 5.01. The maximum Gasteiger partial charge on any atom is 0.0186 e. The minimum atomic E-state index is 1.44. The maximum atomic E-state index is 2.27. The Labute approximate surface area is 146 Å². The molecule has 0 N–H and O–H groups in total. The summed E-state index contributed by atoms with van der Waals surface area (Å²) in [6.45, 7) is 22.6. The van der Waals surface area contributed by atoms with Gasteiger partial charge in [-0.25, -0.2) is 0 Å². The Hall–Kier alpha value is -1.21. The SMILES string of the molecule is Cc1c(C)c(C)c(Sc2c(C)c(C)c(C)c(C)c2C)c(C)c1C. The largest absolute Gasteiger partial charge is 0.0889 e. The van der Waals surface area contributed by atoms with E-state index in [1.165, 1.54) is 65.4 Å². The van der Waals surface area contributed by atoms with E-state index in [-0.39, 0.29) is 0 Å². The van der Waals surface area contributed by atoms with E-state index >= 15 is 0 Å². The van der Waals surface area contributed by atoms with Crippen LogP contribution in [0.3, 0.4) is 0 Å². The van der Waals surface area contributed by atoms with Crippen LogP contribution in [0.2, 0.25) is 0 Å². The molecule has 0 atom stereocenters. The maximum absolute atomic E-state index is 2.27. The molecule has 1 heteroatoms. The van der Waals surface area contributed by atoms with Gasteiger partial charge in [0.1, 0.15) is 0 Å². The van der Waals surface area contributed by atoms with Crippen molar-refractivity contribution in [2.75, 3.05) is 0 Å². The van der Waals surface area contributed by atoms with E-state index < -0.39 is 0 Å². The topological polar surface area (TPSA) is 0 Å². The lowest BCUT2D eigenvalue weighted by Gasteiger charge is -2.22. The van der Waals surface area contributed by atoms with E-state index in [1.807, 2.05) is 11.8 Å². The quantitative estimate of drug-likeness (QED) is 0.577. The lowest BCUT2D eigenvalue weighted by Crippen LogP contribution is -2.01. The van der Waals surface area contributed by atoms with Gasteiger partial charge in [0.2, 0.25) is 0 Å². The number of benzene rings is 2. The van der Waals surface area contributed by atoms with E-state index in [0.717, 1.165) is 0 Å². The third kappa shape index (κ3) is 2.85. The molecule has 0 aliphatic rings. The molecule has 0 nitrogen and oxygen atoms in total. The van der Waals surface area contributed by atoms with Gasteiger partial charge in [-0.05, 0) is 125 Å². The predicted octanol–water partition coefficient (Wildman–Crippen LogP) is 6.92. The molecule has 0 unspecified atom stereocenters. The van der Waals surface area contributed by atoms with Crippen LogP contribution in [0.25, 0.3) is 0 Å². The van der Waals surface area contributed by atoms with E-state index in [9.17, 15) is 0 Å². The Balaban J connectivity index is 2.71. The zero-order valence-corrected chi connectivity index (χ0v) is 17.2. The van der Waals surface area contributed by atoms with Crippen molar-refractivity contribution >= 4 is 11.8 Å². The summed E-state index contributed by atoms with van der Waals surface area (Å²) in [4.78, 5) is 2.89. The molecule has 0 bridgehead atoms. The zero-order valence-electron chi connectivity index (χ0n) is 16.4. The summed E-state index contributed by atoms with van der Waals surface area (Å²) in [6.07, 6.45) is 0. The highest BCUT2D eigenvalue weighted by atomic mass is 32.2. The fourth-order valence-electron chi connectivity index (χ4n) is 3.34. The van der Waals surface area contributed by atoms with Crippen molar-refractivity contribution in [3.63, 3.8) is 0 Å². The predicted molar refractivity (Wildman–Crippen MR) is 104 cm³/mol. The van der Waals surface area contributed by atoms with Gasteiger partial charge in [0.15, 0.2) is 0 Å². The van der Waals surface area contributed by atoms with Crippen LogP contribution in [0, 0.1) is 69.2 Å². The summed E-state index contributed by atoms with van der Waals surface area (Å²) in [5, 5.41) is 0. The summed E-state index contributed by atoms with van der Waals surface area (Å²) >= 11 is 1.97. The second kappa shape index (κ2) is 6.36. The molecular weight excluding hydrogens is 296 g/mol. The molecule has 0 aliphatic heterocycles. The van der Waals surface area contributed by atoms with Crippen LogP contribution in [0.4, 0.5) is 0 Å². The van der Waals surface area contributed by atoms with Crippen molar-refractivity contribution in [3.05, 3.63) is 55.6 Å². The fraction of sp³-hybridized carbons (Fsp3) is 0.455. The summed E-state index contributed by atoms with van der Waals surface area (Å²) in [5.41, 5.74) is 14.4. The zero-order chi connectivity index (χ0) is 17.6. The van der Waals surface area contributed by atoms with Crippen molar-refractivity contribution in [3.8, 4) is 0 Å². The van der Waals surface area contributed by atoms with Gasteiger partial charge in [-0.3, -0.25) is 0 Å². The highest BCUT2D eigenvalue weighted by Crippen LogP contribution is 2.42. The molecule has 0 saturated carbocycles. The summed E-state index contributed by atoms with van der Waals surface area (Å²) in [6, 6.07) is 0. The van der Waals surface area contributed by atoms with Gasteiger partial charge in [-0.2, -0.15) is 0 Å². The Morgan fingerprint density at radius 2 is 0.478 bits per heavy atom. The average Bonchev–Trinajstić information content (AvgIpc) is 2.54. The highest BCUT2D eigenvalue weighted by molar-refractivity contribution is 7.99. The summed E-state index contributed by atoms with van der Waals surface area (Å²) < 4.78 is 0. The molecule has 2 rings (SSSR count). The standard InChI is InChI=1S/C22H30S/c1-11-13(3)17(7)21(18(8)14(11)4)23-22-19(9)15(5)12(2)16(6)20(22)10/h1-10H3. The Morgan fingerprint density at radius 3 is 0.696 bits per heavy atom. The van der Waals surface area contributed by atoms with E-state index in [0.29, 0.717) is 0 Å². The second-order valence-corrected chi connectivity index (χ2v) is 8.03. The molecule has 0 heterocycles. The van der Waals surface area contributed by atoms with Crippen LogP contribution in [0.15, 0.2) is 9.79 Å². The smallest absolute Gasteiger partial charge is 0.0186 e. The lowest BCUT2D eigenvalue weighted by molar-refractivity contribution is 1.07. The van der Waals surface area contributed by atoms with Crippen molar-refractivity contribution in [1.82, 2.24) is 0 Å². The van der Waals surface area contributed by atoms with Gasteiger partial charge in [0.05, 0.1) is 0 Å². The normalized spacial score (nSPS) is 11.2. The number of rotatable bonds is 2. The molecule has 2 aromatic carbocycles. The van der Waals surface area contributed by atoms with Gasteiger partial charge in [-0.1, -0.05) is 11.8 Å². The van der Waals surface area contributed by atoms with Crippen molar-refractivity contribution in [2.24, 2.45) is 0 Å². The Morgan fingerprint density at radius 1 is 0.304 bits per heavy atom. The third-order valence-corrected chi connectivity index (χ3v) is 7.70. The number of hydrogen-bond donors (Lipinski definition) is 0. The molecule has 0 amide bonds. The van der Waals surface area contributed by atoms with Gasteiger partial charge in [0.25, 0.3) is 0 Å². The molecule has 124 valence electrons. The molecular formula is C22H30S. The minimum absolute atomic E-state index is 1.44. The third-order valence-electron chi connectivity index (χ3n) is 6.07. The van der Waals surface area contributed by atoms with E-state index in [4.69, 9.17) is 0 Å². The first-order chi connectivity index (χ1) is 10.6. The first-order valence-corrected chi connectivity index (χ1v) is 9.22.